The minimum absolute atomic E-state index is 0.149. The molecular weight excluding hydrogens is 412 g/mol. The van der Waals surface area contributed by atoms with Crippen LogP contribution in [0, 0.1) is 17.0 Å². The van der Waals surface area contributed by atoms with Crippen LogP contribution in [0.1, 0.15) is 15.9 Å². The number of carbonyl (C=O) groups is 1. The average Bonchev–Trinajstić information content (AvgIpc) is 2.79. The molecule has 0 atom stereocenters. The first-order chi connectivity index (χ1) is 15.4. The van der Waals surface area contributed by atoms with Crippen molar-refractivity contribution in [1.82, 2.24) is 0 Å². The van der Waals surface area contributed by atoms with Gasteiger partial charge in [0.15, 0.2) is 5.43 Å². The smallest absolute Gasteiger partial charge is 0.271 e. The minimum atomic E-state index is -0.553. The van der Waals surface area contributed by atoms with Crippen molar-refractivity contribution in [1.29, 1.82) is 0 Å². The number of amides is 1. The maximum Gasteiger partial charge on any atom is 0.271 e. The maximum atomic E-state index is 12.7. The van der Waals surface area contributed by atoms with E-state index in [1.54, 1.807) is 36.4 Å². The van der Waals surface area contributed by atoms with Crippen molar-refractivity contribution >= 4 is 28.3 Å². The van der Waals surface area contributed by atoms with Gasteiger partial charge in [0.1, 0.15) is 17.1 Å². The molecule has 8 heteroatoms. The molecule has 0 spiro atoms. The molecule has 0 unspecified atom stereocenters. The first-order valence-electron chi connectivity index (χ1n) is 9.64. The fourth-order valence-corrected chi connectivity index (χ4v) is 3.30. The molecule has 0 saturated heterocycles. The Morgan fingerprint density at radius 2 is 1.78 bits per heavy atom. The molecule has 4 rings (SSSR count). The van der Waals surface area contributed by atoms with E-state index >= 15 is 0 Å². The van der Waals surface area contributed by atoms with E-state index in [0.29, 0.717) is 33.6 Å². The average molecular weight is 430 g/mol. The molecule has 4 aromatic rings. The standard InChI is InChI=1S/C24H18N2O6/c1-14-3-9-21-18(11-14)20(27)13-23(32-21)15-4-6-16(7-5-15)24(28)25-19-12-17(26(29)30)8-10-22(19)31-2/h3-13H,1-2H3,(H,25,28). The van der Waals surface area contributed by atoms with Gasteiger partial charge in [0.25, 0.3) is 11.6 Å². The van der Waals surface area contributed by atoms with Gasteiger partial charge in [-0.05, 0) is 37.3 Å². The Bertz CT molecular complexity index is 1410. The van der Waals surface area contributed by atoms with Crippen LogP contribution in [0.4, 0.5) is 11.4 Å². The zero-order chi connectivity index (χ0) is 22.8. The topological polar surface area (TPSA) is 112 Å². The lowest BCUT2D eigenvalue weighted by molar-refractivity contribution is -0.384. The second-order valence-electron chi connectivity index (χ2n) is 7.15. The first-order valence-corrected chi connectivity index (χ1v) is 9.64. The number of hydrogen-bond acceptors (Lipinski definition) is 6. The zero-order valence-electron chi connectivity index (χ0n) is 17.2. The van der Waals surface area contributed by atoms with E-state index in [2.05, 4.69) is 5.32 Å². The molecule has 1 N–H and O–H groups in total. The monoisotopic (exact) mass is 430 g/mol. The molecule has 1 amide bonds. The largest absolute Gasteiger partial charge is 0.495 e. The van der Waals surface area contributed by atoms with Crippen molar-refractivity contribution in [2.75, 3.05) is 12.4 Å². The predicted octanol–water partition coefficient (Wildman–Crippen LogP) is 4.94. The summed E-state index contributed by atoms with van der Waals surface area (Å²) in [5, 5.41) is 14.2. The van der Waals surface area contributed by atoms with E-state index < -0.39 is 10.8 Å². The van der Waals surface area contributed by atoms with Gasteiger partial charge >= 0.3 is 0 Å². The summed E-state index contributed by atoms with van der Waals surface area (Å²) >= 11 is 0. The van der Waals surface area contributed by atoms with Crippen LogP contribution in [0.2, 0.25) is 0 Å². The van der Waals surface area contributed by atoms with Gasteiger partial charge in [-0.1, -0.05) is 23.8 Å². The van der Waals surface area contributed by atoms with Gasteiger partial charge in [-0.2, -0.15) is 0 Å². The molecule has 0 aliphatic rings. The zero-order valence-corrected chi connectivity index (χ0v) is 17.2. The number of fused-ring (bicyclic) bond motifs is 1. The molecule has 0 saturated carbocycles. The number of nitro groups is 1. The Balaban J connectivity index is 1.61. The molecule has 0 radical (unpaired) electrons. The summed E-state index contributed by atoms with van der Waals surface area (Å²) < 4.78 is 11.0. The van der Waals surface area contributed by atoms with E-state index in [1.807, 2.05) is 13.0 Å². The van der Waals surface area contributed by atoms with E-state index in [-0.39, 0.29) is 16.8 Å². The van der Waals surface area contributed by atoms with Gasteiger partial charge in [0.2, 0.25) is 0 Å². The van der Waals surface area contributed by atoms with Crippen molar-refractivity contribution in [2.24, 2.45) is 0 Å². The Hall–Kier alpha value is -4.46. The van der Waals surface area contributed by atoms with Crippen LogP contribution in [0.15, 0.2) is 75.9 Å². The first kappa shape index (κ1) is 20.8. The number of nitro benzene ring substituents is 1. The summed E-state index contributed by atoms with van der Waals surface area (Å²) in [4.78, 5) is 35.6. The highest BCUT2D eigenvalue weighted by Crippen LogP contribution is 2.29. The molecule has 32 heavy (non-hydrogen) atoms. The van der Waals surface area contributed by atoms with Crippen molar-refractivity contribution in [3.8, 4) is 17.1 Å². The number of hydrogen-bond donors (Lipinski definition) is 1. The van der Waals surface area contributed by atoms with Crippen LogP contribution >= 0.6 is 0 Å². The highest BCUT2D eigenvalue weighted by molar-refractivity contribution is 6.05. The molecule has 8 nitrogen and oxygen atoms in total. The number of rotatable bonds is 5. The summed E-state index contributed by atoms with van der Waals surface area (Å²) in [5.41, 5.74) is 2.27. The molecule has 160 valence electrons. The Kier molecular flexibility index (Phi) is 5.43. The van der Waals surface area contributed by atoms with Gasteiger partial charge in [-0.15, -0.1) is 0 Å². The number of carbonyl (C=O) groups excluding carboxylic acids is 1. The van der Waals surface area contributed by atoms with Gasteiger partial charge in [0, 0.05) is 29.3 Å². The molecule has 3 aromatic carbocycles. The van der Waals surface area contributed by atoms with Crippen molar-refractivity contribution < 1.29 is 18.9 Å². The lowest BCUT2D eigenvalue weighted by Crippen LogP contribution is -2.12. The Morgan fingerprint density at radius 3 is 2.47 bits per heavy atom. The molecular formula is C24H18N2O6. The highest BCUT2D eigenvalue weighted by Gasteiger charge is 2.15. The molecule has 1 heterocycles. The third-order valence-corrected chi connectivity index (χ3v) is 4.96. The molecule has 0 aliphatic heterocycles. The Labute approximate surface area is 182 Å². The lowest BCUT2D eigenvalue weighted by Gasteiger charge is -2.10. The van der Waals surface area contributed by atoms with Crippen molar-refractivity contribution in [3.05, 3.63) is 98.2 Å². The maximum absolute atomic E-state index is 12.7. The lowest BCUT2D eigenvalue weighted by atomic mass is 10.1. The van der Waals surface area contributed by atoms with E-state index in [9.17, 15) is 19.7 Å². The normalized spacial score (nSPS) is 10.7. The van der Waals surface area contributed by atoms with Crippen LogP contribution in [-0.4, -0.2) is 17.9 Å². The number of ether oxygens (including phenoxy) is 1. The second-order valence-corrected chi connectivity index (χ2v) is 7.15. The summed E-state index contributed by atoms with van der Waals surface area (Å²) in [7, 11) is 1.41. The number of non-ortho nitro benzene ring substituents is 1. The van der Waals surface area contributed by atoms with Gasteiger partial charge in [0.05, 0.1) is 23.1 Å². The summed E-state index contributed by atoms with van der Waals surface area (Å²) in [6.07, 6.45) is 0. The third kappa shape index (κ3) is 4.06. The van der Waals surface area contributed by atoms with Gasteiger partial charge in [-0.3, -0.25) is 19.7 Å². The van der Waals surface area contributed by atoms with Crippen LogP contribution in [0.25, 0.3) is 22.3 Å². The Morgan fingerprint density at radius 1 is 1.03 bits per heavy atom. The van der Waals surface area contributed by atoms with Crippen LogP contribution < -0.4 is 15.5 Å². The number of aryl methyl sites for hydroxylation is 1. The van der Waals surface area contributed by atoms with Crippen LogP contribution in [-0.2, 0) is 0 Å². The third-order valence-electron chi connectivity index (χ3n) is 4.96. The molecule has 0 aliphatic carbocycles. The van der Waals surface area contributed by atoms with E-state index in [4.69, 9.17) is 9.15 Å². The van der Waals surface area contributed by atoms with E-state index in [0.717, 1.165) is 5.56 Å². The SMILES string of the molecule is COc1ccc([N+](=O)[O-])cc1NC(=O)c1ccc(-c2cc(=O)c3cc(C)ccc3o2)cc1. The fraction of sp³-hybridized carbons (Fsp3) is 0.0833. The number of nitrogens with one attached hydrogen (secondary N) is 1. The summed E-state index contributed by atoms with van der Waals surface area (Å²) in [6, 6.07) is 17.2. The summed E-state index contributed by atoms with van der Waals surface area (Å²) in [6.45, 7) is 1.90. The number of benzene rings is 3. The quantitative estimate of drug-likeness (QED) is 0.355. The number of methoxy groups -OCH3 is 1. The number of nitrogens with zero attached hydrogens (tertiary/aromatic N) is 1. The van der Waals surface area contributed by atoms with E-state index in [1.165, 1.54) is 31.4 Å². The molecule has 0 fully saturated rings. The predicted molar refractivity (Wildman–Crippen MR) is 120 cm³/mol. The van der Waals surface area contributed by atoms with Gasteiger partial charge < -0.3 is 14.5 Å². The fourth-order valence-electron chi connectivity index (χ4n) is 3.30. The molecule has 1 aromatic heterocycles. The second kappa shape index (κ2) is 8.35. The highest BCUT2D eigenvalue weighted by atomic mass is 16.6. The van der Waals surface area contributed by atoms with Crippen LogP contribution in [0.5, 0.6) is 5.75 Å². The van der Waals surface area contributed by atoms with Crippen molar-refractivity contribution in [2.45, 2.75) is 6.92 Å². The summed E-state index contributed by atoms with van der Waals surface area (Å²) in [5.74, 6) is 0.221. The van der Waals surface area contributed by atoms with Crippen LogP contribution in [0.3, 0.4) is 0 Å². The van der Waals surface area contributed by atoms with Gasteiger partial charge in [-0.25, -0.2) is 0 Å². The van der Waals surface area contributed by atoms with Crippen molar-refractivity contribution in [3.63, 3.8) is 0 Å². The minimum Gasteiger partial charge on any atom is -0.495 e. The number of anilines is 1. The molecule has 0 bridgehead atoms.